The third-order valence-corrected chi connectivity index (χ3v) is 6.90. The number of unbranched alkanes of at least 4 members (excludes halogenated alkanes) is 4. The Morgan fingerprint density at radius 2 is 1.94 bits per heavy atom. The molecule has 0 aliphatic heterocycles. The van der Waals surface area contributed by atoms with E-state index < -0.39 is 11.7 Å². The van der Waals surface area contributed by atoms with Crippen molar-refractivity contribution < 1.29 is 24.5 Å². The van der Waals surface area contributed by atoms with E-state index in [1.54, 1.807) is 0 Å². The van der Waals surface area contributed by atoms with E-state index in [1.165, 1.54) is 26.4 Å². The number of hydrogen-bond acceptors (Lipinski definition) is 5. The summed E-state index contributed by atoms with van der Waals surface area (Å²) in [6, 6.07) is 0. The third-order valence-electron chi connectivity index (χ3n) is 6.90. The second-order valence-corrected chi connectivity index (χ2v) is 9.42. The first-order chi connectivity index (χ1) is 14.9. The van der Waals surface area contributed by atoms with E-state index >= 15 is 0 Å². The molecule has 0 saturated heterocycles. The Hall–Kier alpha value is -1.46. The van der Waals surface area contributed by atoms with Gasteiger partial charge in [0.15, 0.2) is 0 Å². The van der Waals surface area contributed by atoms with Gasteiger partial charge in [-0.1, -0.05) is 56.9 Å². The van der Waals surface area contributed by atoms with E-state index in [2.05, 4.69) is 11.7 Å². The lowest BCUT2D eigenvalue weighted by atomic mass is 9.85. The van der Waals surface area contributed by atoms with Crippen LogP contribution in [0.4, 0.5) is 0 Å². The maximum absolute atomic E-state index is 12.4. The third kappa shape index (κ3) is 8.53. The highest BCUT2D eigenvalue weighted by molar-refractivity contribution is 5.84. The number of carbonyl (C=O) groups excluding carboxylic acids is 2. The fourth-order valence-corrected chi connectivity index (χ4v) is 4.74. The molecule has 0 spiro atoms. The first-order valence-corrected chi connectivity index (χ1v) is 12.2. The fourth-order valence-electron chi connectivity index (χ4n) is 4.74. The largest absolute Gasteiger partial charge is 0.469 e. The summed E-state index contributed by atoms with van der Waals surface area (Å²) in [4.78, 5) is 23.5. The van der Waals surface area contributed by atoms with Crippen molar-refractivity contribution in [3.05, 3.63) is 24.3 Å². The second kappa shape index (κ2) is 13.2. The quantitative estimate of drug-likeness (QED) is 0.218. The van der Waals surface area contributed by atoms with Crippen molar-refractivity contribution in [3.63, 3.8) is 0 Å². The van der Waals surface area contributed by atoms with Crippen molar-refractivity contribution in [1.29, 1.82) is 0 Å². The average Bonchev–Trinajstić information content (AvgIpc) is 3.56. The van der Waals surface area contributed by atoms with E-state index in [-0.39, 0.29) is 30.0 Å². The van der Waals surface area contributed by atoms with E-state index in [4.69, 9.17) is 0 Å². The molecule has 0 heterocycles. The average molecular weight is 435 g/mol. The molecule has 176 valence electrons. The minimum atomic E-state index is -0.639. The Morgan fingerprint density at radius 1 is 1.16 bits per heavy atom. The topological polar surface area (TPSA) is 83.8 Å². The molecule has 2 N–H and O–H groups in total. The summed E-state index contributed by atoms with van der Waals surface area (Å²) in [5.74, 6) is -0.0855. The predicted octanol–water partition coefficient (Wildman–Crippen LogP) is 4.90. The first kappa shape index (κ1) is 25.8. The van der Waals surface area contributed by atoms with Gasteiger partial charge >= 0.3 is 5.97 Å². The molecule has 5 nitrogen and oxygen atoms in total. The monoisotopic (exact) mass is 434 g/mol. The van der Waals surface area contributed by atoms with Crippen LogP contribution in [-0.4, -0.2) is 40.8 Å². The van der Waals surface area contributed by atoms with Crippen LogP contribution >= 0.6 is 0 Å². The Balaban J connectivity index is 1.84. The number of ketones is 1. The standard InChI is InChI=1S/C26H42O5/c1-3-4-5-10-17-26(30,20-15-16-20)18-11-13-22-21(23(27)19-24(22)28)12-8-6-7-9-14-25(29)31-2/h6,8,11,13,20-22,24,28,30H,3-5,7,9-10,12,14-19H2,1-2H3/b8-6-,13-11+/t21-,22-,24-,26?/m1/s1. The molecule has 2 aliphatic rings. The number of aliphatic hydroxyl groups excluding tert-OH is 1. The zero-order chi connectivity index (χ0) is 22.7. The van der Waals surface area contributed by atoms with Gasteiger partial charge in [-0.3, -0.25) is 9.59 Å². The zero-order valence-electron chi connectivity index (χ0n) is 19.4. The molecule has 2 aliphatic carbocycles. The van der Waals surface area contributed by atoms with Crippen LogP contribution in [-0.2, 0) is 14.3 Å². The maximum Gasteiger partial charge on any atom is 0.305 e. The molecule has 0 aromatic heterocycles. The lowest BCUT2D eigenvalue weighted by molar-refractivity contribution is -0.140. The van der Waals surface area contributed by atoms with Gasteiger partial charge in [-0.25, -0.2) is 0 Å². The number of ether oxygens (including phenoxy) is 1. The molecule has 0 radical (unpaired) electrons. The Kier molecular flexibility index (Phi) is 11.0. The van der Waals surface area contributed by atoms with Gasteiger partial charge in [-0.15, -0.1) is 0 Å². The van der Waals surface area contributed by atoms with Gasteiger partial charge in [0.2, 0.25) is 0 Å². The fraction of sp³-hybridized carbons (Fsp3) is 0.769. The summed E-state index contributed by atoms with van der Waals surface area (Å²) >= 11 is 0. The molecule has 31 heavy (non-hydrogen) atoms. The highest BCUT2D eigenvalue weighted by Crippen LogP contribution is 2.45. The van der Waals surface area contributed by atoms with Gasteiger partial charge in [0.25, 0.3) is 0 Å². The molecule has 0 bridgehead atoms. The van der Waals surface area contributed by atoms with Crippen LogP contribution in [0.3, 0.4) is 0 Å². The minimum absolute atomic E-state index is 0.110. The molecule has 0 aromatic carbocycles. The zero-order valence-corrected chi connectivity index (χ0v) is 19.4. The van der Waals surface area contributed by atoms with E-state index in [0.29, 0.717) is 25.2 Å². The number of carbonyl (C=O) groups is 2. The summed E-state index contributed by atoms with van der Waals surface area (Å²) in [5.41, 5.74) is -0.632. The Labute approximate surface area is 187 Å². The second-order valence-electron chi connectivity index (χ2n) is 9.42. The summed E-state index contributed by atoms with van der Waals surface area (Å²) < 4.78 is 4.63. The van der Waals surface area contributed by atoms with E-state index in [9.17, 15) is 19.8 Å². The van der Waals surface area contributed by atoms with Gasteiger partial charge in [0.05, 0.1) is 18.8 Å². The molecular formula is C26H42O5. The van der Waals surface area contributed by atoms with Crippen LogP contribution in [0.15, 0.2) is 24.3 Å². The smallest absolute Gasteiger partial charge is 0.305 e. The molecule has 4 atom stereocenters. The van der Waals surface area contributed by atoms with Crippen LogP contribution < -0.4 is 0 Å². The summed E-state index contributed by atoms with van der Waals surface area (Å²) in [6.45, 7) is 2.19. The van der Waals surface area contributed by atoms with Crippen LogP contribution in [0.1, 0.15) is 90.4 Å². The van der Waals surface area contributed by atoms with Crippen molar-refractivity contribution in [1.82, 2.24) is 0 Å². The van der Waals surface area contributed by atoms with Crippen LogP contribution in [0.2, 0.25) is 0 Å². The molecule has 1 unspecified atom stereocenters. The van der Waals surface area contributed by atoms with Crippen LogP contribution in [0.25, 0.3) is 0 Å². The van der Waals surface area contributed by atoms with Crippen LogP contribution in [0, 0.1) is 17.8 Å². The number of allylic oxidation sites excluding steroid dienone is 2. The molecule has 5 heteroatoms. The first-order valence-electron chi connectivity index (χ1n) is 12.2. The number of aliphatic hydroxyl groups is 2. The number of Topliss-reactive ketones (excluding diaryl/α,β-unsaturated/α-hetero) is 1. The molecule has 0 amide bonds. The number of hydrogen-bond donors (Lipinski definition) is 2. The van der Waals surface area contributed by atoms with Gasteiger partial charge in [0, 0.05) is 24.7 Å². The van der Waals surface area contributed by atoms with E-state index in [0.717, 1.165) is 38.5 Å². The maximum atomic E-state index is 12.4. The minimum Gasteiger partial charge on any atom is -0.469 e. The van der Waals surface area contributed by atoms with Crippen LogP contribution in [0.5, 0.6) is 0 Å². The highest BCUT2D eigenvalue weighted by Gasteiger charge is 2.43. The van der Waals surface area contributed by atoms with Crippen molar-refractivity contribution in [2.75, 3.05) is 7.11 Å². The molecule has 2 fully saturated rings. The van der Waals surface area contributed by atoms with Crippen molar-refractivity contribution in [3.8, 4) is 0 Å². The summed E-state index contributed by atoms with van der Waals surface area (Å²) in [7, 11) is 1.39. The molecule has 2 saturated carbocycles. The molecule has 2 rings (SSSR count). The highest BCUT2D eigenvalue weighted by atomic mass is 16.5. The Bertz CT molecular complexity index is 621. The number of esters is 1. The number of rotatable bonds is 15. The normalized spacial score (nSPS) is 26.1. The lowest BCUT2D eigenvalue weighted by Gasteiger charge is -2.27. The lowest BCUT2D eigenvalue weighted by Crippen LogP contribution is -2.30. The van der Waals surface area contributed by atoms with Gasteiger partial charge < -0.3 is 14.9 Å². The van der Waals surface area contributed by atoms with Crippen molar-refractivity contribution in [2.24, 2.45) is 17.8 Å². The predicted molar refractivity (Wildman–Crippen MR) is 122 cm³/mol. The summed E-state index contributed by atoms with van der Waals surface area (Å²) in [6.07, 6.45) is 18.3. The molecule has 0 aromatic rings. The van der Waals surface area contributed by atoms with E-state index in [1.807, 2.05) is 24.3 Å². The number of methoxy groups -OCH3 is 1. The summed E-state index contributed by atoms with van der Waals surface area (Å²) in [5, 5.41) is 21.6. The SMILES string of the molecule is CCCCCCC(O)(C/C=C/[C@H]1[C@H](O)CC(=O)[C@@H]1C/C=C\CCCC(=O)OC)C1CC1. The van der Waals surface area contributed by atoms with Gasteiger partial charge in [0.1, 0.15) is 5.78 Å². The van der Waals surface area contributed by atoms with Gasteiger partial charge in [-0.2, -0.15) is 0 Å². The van der Waals surface area contributed by atoms with Crippen molar-refractivity contribution >= 4 is 11.8 Å². The van der Waals surface area contributed by atoms with Gasteiger partial charge in [-0.05, 0) is 50.9 Å². The van der Waals surface area contributed by atoms with Crippen molar-refractivity contribution in [2.45, 2.75) is 102 Å². The molecular weight excluding hydrogens is 392 g/mol. The Morgan fingerprint density at radius 3 is 2.61 bits per heavy atom.